The fraction of sp³-hybridized carbons (Fsp3) is 0. The number of aromatic hydroxyl groups is 1. The van der Waals surface area contributed by atoms with Crippen LogP contribution >= 0.6 is 7.82 Å². The summed E-state index contributed by atoms with van der Waals surface area (Å²) in [7, 11) is -4.48. The maximum absolute atomic E-state index is 10.3. The Morgan fingerprint density at radius 3 is 1.86 bits per heavy atom. The van der Waals surface area contributed by atoms with Crippen LogP contribution in [0.3, 0.4) is 0 Å². The van der Waals surface area contributed by atoms with E-state index >= 15 is 0 Å². The number of hydrogen-bond acceptors (Lipinski definition) is 3. The predicted octanol–water partition coefficient (Wildman–Crippen LogP) is 0.102. The van der Waals surface area contributed by atoms with E-state index in [0.717, 1.165) is 0 Å². The summed E-state index contributed by atoms with van der Waals surface area (Å²) in [6.07, 6.45) is 0. The van der Waals surface area contributed by atoms with E-state index in [-0.39, 0.29) is 70.6 Å². The van der Waals surface area contributed by atoms with Gasteiger partial charge in [0, 0.05) is 59.1 Å². The van der Waals surface area contributed by atoms with Crippen molar-refractivity contribution in [3.63, 3.8) is 0 Å². The van der Waals surface area contributed by atoms with Crippen molar-refractivity contribution in [2.45, 2.75) is 0 Å². The summed E-state index contributed by atoms with van der Waals surface area (Å²) in [5, 5.41) is 8.81. The molecule has 5 nitrogen and oxygen atoms in total. The smallest absolute Gasteiger partial charge is 0.508 e. The third-order valence-electron chi connectivity index (χ3n) is 1.06. The molecule has 0 bridgehead atoms. The summed E-state index contributed by atoms with van der Waals surface area (Å²) in [6, 6.07) is 5.05. The first kappa shape index (κ1) is 17.4. The van der Waals surface area contributed by atoms with Crippen LogP contribution in [0.5, 0.6) is 11.5 Å². The maximum atomic E-state index is 10.3. The van der Waals surface area contributed by atoms with Gasteiger partial charge >= 0.3 is 7.82 Å². The van der Waals surface area contributed by atoms with Gasteiger partial charge in [0.15, 0.2) is 0 Å². The largest absolute Gasteiger partial charge is 0.524 e. The molecule has 0 fully saturated rings. The van der Waals surface area contributed by atoms with E-state index in [1.807, 2.05) is 0 Å². The van der Waals surface area contributed by atoms with Gasteiger partial charge < -0.3 is 9.63 Å². The molecule has 0 spiro atoms. The van der Waals surface area contributed by atoms with Crippen molar-refractivity contribution in [2.24, 2.45) is 0 Å². The van der Waals surface area contributed by atoms with Gasteiger partial charge in [0.1, 0.15) is 11.5 Å². The third kappa shape index (κ3) is 7.29. The zero-order chi connectivity index (χ0) is 9.19. The fourth-order valence-corrected chi connectivity index (χ4v) is 1.04. The quantitative estimate of drug-likeness (QED) is 0.500. The number of phosphoric acid groups is 1. The zero-order valence-electron chi connectivity index (χ0n) is 7.91. The molecule has 0 aromatic heterocycles. The van der Waals surface area contributed by atoms with Crippen molar-refractivity contribution < 1.29 is 24.0 Å². The van der Waals surface area contributed by atoms with Crippen LogP contribution in [0.25, 0.3) is 0 Å². The minimum absolute atomic E-state index is 0. The Labute approximate surface area is 125 Å². The molecule has 0 atom stereocenters. The summed E-state index contributed by atoms with van der Waals surface area (Å²) >= 11 is 0. The molecule has 0 heterocycles. The van der Waals surface area contributed by atoms with Crippen molar-refractivity contribution in [3.8, 4) is 11.5 Å². The van der Waals surface area contributed by atoms with Crippen LogP contribution < -0.4 is 4.52 Å². The van der Waals surface area contributed by atoms with Crippen LogP contribution in [0.2, 0.25) is 0 Å². The van der Waals surface area contributed by atoms with Gasteiger partial charge in [-0.3, -0.25) is 9.79 Å². The SMILES string of the molecule is O=P(O)(O)Oc1ccc(O)cc1.[Na].[Na]. The minimum atomic E-state index is -4.48. The van der Waals surface area contributed by atoms with Crippen LogP contribution in [0.15, 0.2) is 24.3 Å². The van der Waals surface area contributed by atoms with Crippen LogP contribution in [0, 0.1) is 0 Å². The Hall–Kier alpha value is 0.970. The van der Waals surface area contributed by atoms with Gasteiger partial charge in [0.2, 0.25) is 0 Å². The number of rotatable bonds is 2. The summed E-state index contributed by atoms with van der Waals surface area (Å²) in [4.78, 5) is 16.7. The van der Waals surface area contributed by atoms with Gasteiger partial charge in [-0.05, 0) is 24.3 Å². The normalized spacial score (nSPS) is 9.57. The number of benzene rings is 1. The number of hydrogen-bond donors (Lipinski definition) is 3. The summed E-state index contributed by atoms with van der Waals surface area (Å²) in [5.41, 5.74) is 0. The molecule has 1 aromatic rings. The Balaban J connectivity index is 0. The average Bonchev–Trinajstić information content (AvgIpc) is 1.91. The Morgan fingerprint density at radius 1 is 1.07 bits per heavy atom. The van der Waals surface area contributed by atoms with Crippen LogP contribution in [0.4, 0.5) is 0 Å². The van der Waals surface area contributed by atoms with E-state index in [2.05, 4.69) is 4.52 Å². The second-order valence-corrected chi connectivity index (χ2v) is 3.24. The molecule has 14 heavy (non-hydrogen) atoms. The van der Waals surface area contributed by atoms with Gasteiger partial charge in [-0.25, -0.2) is 4.57 Å². The van der Waals surface area contributed by atoms with E-state index < -0.39 is 7.82 Å². The molecule has 68 valence electrons. The van der Waals surface area contributed by atoms with E-state index in [9.17, 15) is 4.57 Å². The van der Waals surface area contributed by atoms with Crippen molar-refractivity contribution in [1.29, 1.82) is 0 Å². The first-order chi connectivity index (χ1) is 5.47. The third-order valence-corrected chi connectivity index (χ3v) is 1.51. The molecular weight excluding hydrogens is 229 g/mol. The van der Waals surface area contributed by atoms with Crippen molar-refractivity contribution in [3.05, 3.63) is 24.3 Å². The fourth-order valence-electron chi connectivity index (χ4n) is 0.644. The molecule has 1 aromatic carbocycles. The van der Waals surface area contributed by atoms with E-state index in [0.29, 0.717) is 0 Å². The Morgan fingerprint density at radius 2 is 1.50 bits per heavy atom. The molecule has 0 saturated heterocycles. The molecule has 0 amide bonds. The Bertz CT molecular complexity index is 309. The molecule has 1 rings (SSSR count). The monoisotopic (exact) mass is 236 g/mol. The average molecular weight is 236 g/mol. The standard InChI is InChI=1S/C6H7O5P.2Na/c7-5-1-3-6(4-2-5)11-12(8,9)10;;/h1-4,7H,(H2,8,9,10);;. The van der Waals surface area contributed by atoms with Crippen LogP contribution in [-0.4, -0.2) is 74.0 Å². The van der Waals surface area contributed by atoms with Gasteiger partial charge in [0.25, 0.3) is 0 Å². The predicted molar refractivity (Wildman–Crippen MR) is 52.3 cm³/mol. The van der Waals surface area contributed by atoms with Crippen molar-refractivity contribution >= 4 is 66.9 Å². The first-order valence-electron chi connectivity index (χ1n) is 3.01. The second-order valence-electron chi connectivity index (χ2n) is 2.08. The van der Waals surface area contributed by atoms with Crippen molar-refractivity contribution in [2.75, 3.05) is 0 Å². The van der Waals surface area contributed by atoms with Gasteiger partial charge in [0.05, 0.1) is 0 Å². The molecule has 0 aliphatic heterocycles. The molecule has 0 unspecified atom stereocenters. The number of phenols is 1. The molecule has 3 N–H and O–H groups in total. The number of phenolic OH excluding ortho intramolecular Hbond substituents is 1. The van der Waals surface area contributed by atoms with Crippen molar-refractivity contribution in [1.82, 2.24) is 0 Å². The van der Waals surface area contributed by atoms with Crippen LogP contribution in [-0.2, 0) is 4.57 Å². The molecular formula is C6H7Na2O5P. The summed E-state index contributed by atoms with van der Waals surface area (Å²) in [5.74, 6) is 0.0224. The zero-order valence-corrected chi connectivity index (χ0v) is 12.8. The molecule has 8 heteroatoms. The maximum Gasteiger partial charge on any atom is 0.524 e. The van der Waals surface area contributed by atoms with E-state index in [4.69, 9.17) is 14.9 Å². The van der Waals surface area contributed by atoms with E-state index in [1.165, 1.54) is 24.3 Å². The summed E-state index contributed by atoms with van der Waals surface area (Å²) < 4.78 is 14.5. The second kappa shape index (κ2) is 7.28. The molecule has 0 saturated carbocycles. The summed E-state index contributed by atoms with van der Waals surface area (Å²) in [6.45, 7) is 0. The topological polar surface area (TPSA) is 87.0 Å². The van der Waals surface area contributed by atoms with Gasteiger partial charge in [-0.1, -0.05) is 0 Å². The Kier molecular flexibility index (Phi) is 9.03. The molecule has 0 aliphatic rings. The molecule has 2 radical (unpaired) electrons. The minimum Gasteiger partial charge on any atom is -0.508 e. The van der Waals surface area contributed by atoms with Crippen LogP contribution in [0.1, 0.15) is 0 Å². The van der Waals surface area contributed by atoms with Gasteiger partial charge in [-0.2, -0.15) is 0 Å². The van der Waals surface area contributed by atoms with Gasteiger partial charge in [-0.15, -0.1) is 0 Å². The first-order valence-corrected chi connectivity index (χ1v) is 4.54. The molecule has 0 aliphatic carbocycles. The van der Waals surface area contributed by atoms with E-state index in [1.54, 1.807) is 0 Å². The number of phosphoric ester groups is 1.